The summed E-state index contributed by atoms with van der Waals surface area (Å²) in [5.74, 6) is 0.588. The smallest absolute Gasteiger partial charge is 0.378 e. The van der Waals surface area contributed by atoms with Crippen molar-refractivity contribution in [2.24, 2.45) is 0 Å². The van der Waals surface area contributed by atoms with Crippen LogP contribution in [0.15, 0.2) is 132 Å². The lowest BCUT2D eigenvalue weighted by Crippen LogP contribution is -2.75. The summed E-state index contributed by atoms with van der Waals surface area (Å²) < 4.78 is 354. The van der Waals surface area contributed by atoms with Crippen molar-refractivity contribution in [2.75, 3.05) is 25.3 Å². The van der Waals surface area contributed by atoms with E-state index in [4.69, 9.17) is 0 Å². The molecule has 0 aromatic heterocycles. The lowest BCUT2D eigenvalue weighted by atomic mass is 9.12. The average Bonchev–Trinajstić information content (AvgIpc) is 3.27. The van der Waals surface area contributed by atoms with E-state index in [1.54, 1.807) is 0 Å². The quantitative estimate of drug-likeness (QED) is 0.0860. The highest BCUT2D eigenvalue weighted by atomic mass is 32.2. The highest BCUT2D eigenvalue weighted by Crippen LogP contribution is 2.41. The van der Waals surface area contributed by atoms with E-state index in [1.807, 2.05) is 50.7 Å². The van der Waals surface area contributed by atoms with Crippen LogP contribution in [-0.4, -0.2) is 26.5 Å². The van der Waals surface area contributed by atoms with E-state index >= 15 is 0 Å². The van der Waals surface area contributed by atoms with Gasteiger partial charge < -0.3 is 4.90 Å². The van der Waals surface area contributed by atoms with E-state index in [2.05, 4.69) is 29.2 Å². The van der Waals surface area contributed by atoms with Crippen molar-refractivity contribution in [3.8, 4) is 0 Å². The Kier molecular flexibility index (Phi) is 16.4. The van der Waals surface area contributed by atoms with Gasteiger partial charge in [0.25, 0.3) is 0 Å². The largest absolute Gasteiger partial charge is 0.416 e. The van der Waals surface area contributed by atoms with Crippen LogP contribution >= 0.6 is 0 Å². The molecular weight excluding hydrogens is 1110 g/mol. The molecule has 0 N–H and O–H groups in total. The van der Waals surface area contributed by atoms with Crippen LogP contribution in [0.25, 0.3) is 0 Å². The van der Waals surface area contributed by atoms with Gasteiger partial charge in [-0.15, -0.1) is 0 Å². The minimum absolute atomic E-state index is 0.588. The van der Waals surface area contributed by atoms with Crippen LogP contribution in [0, 0.1) is 0 Å². The topological polar surface area (TPSA) is 20.3 Å². The molecule has 0 aliphatic carbocycles. The Morgan fingerprint density at radius 3 is 0.776 bits per heavy atom. The number of halogens is 24. The van der Waals surface area contributed by atoms with Crippen molar-refractivity contribution >= 4 is 43.6 Å². The Bertz CT molecular complexity index is 2630. The van der Waals surface area contributed by atoms with Crippen molar-refractivity contribution in [3.63, 3.8) is 0 Å². The maximum Gasteiger partial charge on any atom is 0.416 e. The van der Waals surface area contributed by atoms with E-state index in [-0.39, 0.29) is 0 Å². The molecular formula is C48H32BF24NOS. The summed E-state index contributed by atoms with van der Waals surface area (Å²) >= 11 is 0. The van der Waals surface area contributed by atoms with E-state index in [1.165, 1.54) is 0 Å². The number of alkyl halides is 24. The second-order valence-corrected chi connectivity index (χ2v) is 20.0. The molecule has 76 heavy (non-hydrogen) atoms. The van der Waals surface area contributed by atoms with Crippen molar-refractivity contribution in [1.29, 1.82) is 0 Å². The number of anilines is 1. The molecule has 0 saturated carbocycles. The normalized spacial score (nSPS) is 14.2. The van der Waals surface area contributed by atoms with Crippen molar-refractivity contribution < 1.29 is 110 Å². The molecule has 0 aliphatic heterocycles. The summed E-state index contributed by atoms with van der Waals surface area (Å²) in [6.07, 6.45) is -53.0. The number of rotatable bonds is 8. The molecule has 0 aliphatic rings. The summed E-state index contributed by atoms with van der Waals surface area (Å²) in [4.78, 5) is 2.98. The fourth-order valence-electron chi connectivity index (χ4n) is 8.07. The zero-order valence-corrected chi connectivity index (χ0v) is 39.1. The predicted molar refractivity (Wildman–Crippen MR) is 233 cm³/mol. The lowest BCUT2D eigenvalue weighted by Gasteiger charge is -2.46. The van der Waals surface area contributed by atoms with E-state index < -0.39 is 205 Å². The maximum atomic E-state index is 14.2. The van der Waals surface area contributed by atoms with Crippen LogP contribution in [0.5, 0.6) is 0 Å². The Labute approximate surface area is 415 Å². The molecule has 0 fully saturated rings. The van der Waals surface area contributed by atoms with Crippen LogP contribution in [-0.2, 0) is 69.3 Å². The molecule has 0 amide bonds. The monoisotopic (exact) mass is 1140 g/mol. The van der Waals surface area contributed by atoms with Crippen LogP contribution in [0.4, 0.5) is 111 Å². The second kappa shape index (κ2) is 20.6. The Hall–Kier alpha value is -6.35. The molecule has 6 aromatic carbocycles. The first-order valence-electron chi connectivity index (χ1n) is 20.9. The second-order valence-electron chi connectivity index (χ2n) is 17.2. The summed E-state index contributed by atoms with van der Waals surface area (Å²) in [5, 5.41) is 0. The third-order valence-electron chi connectivity index (χ3n) is 11.6. The third kappa shape index (κ3) is 14.0. The fraction of sp³-hybridized carbons (Fsp3) is 0.250. The fourth-order valence-corrected chi connectivity index (χ4v) is 9.80. The Morgan fingerprint density at radius 1 is 0.355 bits per heavy atom. The van der Waals surface area contributed by atoms with Crippen LogP contribution in [0.3, 0.4) is 0 Å². The Balaban J connectivity index is 0.000000468. The van der Waals surface area contributed by atoms with Gasteiger partial charge in [-0.1, -0.05) is 83.1 Å². The zero-order valence-electron chi connectivity index (χ0n) is 38.2. The molecule has 412 valence electrons. The third-order valence-corrected chi connectivity index (χ3v) is 13.7. The molecule has 1 atom stereocenters. The standard InChI is InChI=1S/C32H12BF24.C16H20NOS/c34-25(35,36)13-1-14(26(37,38)39)6-21(5-13)33(22-7-15(27(40,41)42)2-16(8-22)28(43,44)45,23-9-17(29(46,47)48)3-18(10-23)30(49,50)51)24-11-19(31(52,53)54)4-20(12-24)32(55,56)57;1-17(2)15-11-9-14(10-12-15)13-19(3,18)16-7-5-4-6-8-16/h1-12H;4-12H,13H2,1-3H3/q-1;+1. The number of nitrogens with zero attached hydrogens (tertiary/aromatic N) is 1. The molecule has 1 unspecified atom stereocenters. The number of benzene rings is 6. The molecule has 0 saturated heterocycles. The molecule has 0 bridgehead atoms. The van der Waals surface area contributed by atoms with E-state index in [0.29, 0.717) is 5.75 Å². The highest BCUT2D eigenvalue weighted by molar-refractivity contribution is 8.01. The van der Waals surface area contributed by atoms with Gasteiger partial charge in [-0.3, -0.25) is 0 Å². The van der Waals surface area contributed by atoms with Gasteiger partial charge >= 0.3 is 49.4 Å². The number of hydrogen-bond donors (Lipinski definition) is 0. The van der Waals surface area contributed by atoms with Crippen LogP contribution < -0.4 is 26.8 Å². The lowest BCUT2D eigenvalue weighted by molar-refractivity contribution is -0.144. The molecule has 0 spiro atoms. The van der Waals surface area contributed by atoms with Gasteiger partial charge in [0.1, 0.15) is 28.1 Å². The van der Waals surface area contributed by atoms with Gasteiger partial charge in [-0.25, -0.2) is 0 Å². The molecule has 2 nitrogen and oxygen atoms in total. The molecule has 28 heteroatoms. The summed E-state index contributed by atoms with van der Waals surface area (Å²) in [6.45, 7) is 0. The van der Waals surface area contributed by atoms with Gasteiger partial charge in [-0.2, -0.15) is 127 Å². The van der Waals surface area contributed by atoms with Gasteiger partial charge in [0.2, 0.25) is 0 Å². The maximum absolute atomic E-state index is 14.2. The van der Waals surface area contributed by atoms with E-state index in [9.17, 15) is 110 Å². The van der Waals surface area contributed by atoms with Gasteiger partial charge in [0, 0.05) is 25.3 Å². The first-order valence-corrected chi connectivity index (χ1v) is 23.0. The van der Waals surface area contributed by atoms with Crippen LogP contribution in [0.2, 0.25) is 0 Å². The summed E-state index contributed by atoms with van der Waals surface area (Å²) in [6, 6.07) is 9.14. The molecule has 0 radical (unpaired) electrons. The highest BCUT2D eigenvalue weighted by Gasteiger charge is 2.47. The minimum atomic E-state index is -6.13. The first kappa shape index (κ1) is 60.5. The first-order chi connectivity index (χ1) is 34.3. The zero-order chi connectivity index (χ0) is 57.8. The molecule has 0 heterocycles. The predicted octanol–water partition coefficient (Wildman–Crippen LogP) is 14.7. The van der Waals surface area contributed by atoms with Crippen molar-refractivity contribution in [2.45, 2.75) is 60.1 Å². The van der Waals surface area contributed by atoms with Crippen molar-refractivity contribution in [1.82, 2.24) is 0 Å². The van der Waals surface area contributed by atoms with Gasteiger partial charge in [0.05, 0.1) is 44.5 Å². The molecule has 6 rings (SSSR count). The molecule has 6 aromatic rings. The number of hydrogen-bond acceptors (Lipinski definition) is 2. The Morgan fingerprint density at radius 2 is 0.579 bits per heavy atom. The minimum Gasteiger partial charge on any atom is -0.378 e. The van der Waals surface area contributed by atoms with Gasteiger partial charge in [-0.05, 0) is 48.5 Å². The van der Waals surface area contributed by atoms with E-state index in [0.717, 1.165) is 16.1 Å². The summed E-state index contributed by atoms with van der Waals surface area (Å²) in [7, 11) is 2.02. The van der Waals surface area contributed by atoms with Crippen LogP contribution in [0.1, 0.15) is 50.1 Å². The van der Waals surface area contributed by atoms with Gasteiger partial charge in [0.15, 0.2) is 4.90 Å². The van der Waals surface area contributed by atoms with Crippen molar-refractivity contribution in [3.05, 3.63) is 177 Å². The SMILES string of the molecule is CN(C)c1ccc(C[S+](C)(=O)c2ccccc2)cc1.FC(F)(F)c1cc([B-](c2cc(C(F)(F)F)cc(C(F)(F)F)c2)(c2cc(C(F)(F)F)cc(C(F)(F)F)c2)c2cc(C(F)(F)F)cc(C(F)(F)F)c2)cc(C(F)(F)F)c1. The summed E-state index contributed by atoms with van der Waals surface area (Å²) in [5.41, 5.74) is -27.9. The average molecular weight is 1140 g/mol.